The van der Waals surface area contributed by atoms with Gasteiger partial charge in [-0.05, 0) is 34.1 Å². The third kappa shape index (κ3) is 2.83. The van der Waals surface area contributed by atoms with E-state index in [2.05, 4.69) is 21.0 Å². The monoisotopic (exact) mass is 311 g/mol. The molecule has 1 aromatic carbocycles. The van der Waals surface area contributed by atoms with Crippen molar-refractivity contribution in [3.63, 3.8) is 0 Å². The third-order valence-electron chi connectivity index (χ3n) is 2.13. The van der Waals surface area contributed by atoms with Gasteiger partial charge in [0, 0.05) is 12.6 Å². The normalized spacial score (nSPS) is 10.2. The Labute approximate surface area is 113 Å². The van der Waals surface area contributed by atoms with E-state index in [-0.39, 0.29) is 0 Å². The van der Waals surface area contributed by atoms with Gasteiger partial charge in [0.15, 0.2) is 5.75 Å². The summed E-state index contributed by atoms with van der Waals surface area (Å²) in [6, 6.07) is 5.46. The molecule has 0 amide bonds. The van der Waals surface area contributed by atoms with Crippen LogP contribution in [-0.4, -0.2) is 14.8 Å². The van der Waals surface area contributed by atoms with Crippen LogP contribution in [0.1, 0.15) is 5.56 Å². The number of aromatic nitrogens is 2. The Balaban J connectivity index is 2.25. The molecule has 2 aromatic rings. The average Bonchev–Trinajstić information content (AvgIpc) is 2.67. The average molecular weight is 312 g/mol. The predicted octanol–water partition coefficient (Wildman–Crippen LogP) is 2.61. The first-order valence-electron chi connectivity index (χ1n) is 4.82. The standard InChI is InChI=1S/C11H10BrN3OS/c1-15-6-8(5-14-15)16-10-3-2-7(11(13)17)4-9(10)12/h2-6H,1H3,(H2,13,17). The van der Waals surface area contributed by atoms with E-state index in [0.717, 1.165) is 10.0 Å². The summed E-state index contributed by atoms with van der Waals surface area (Å²) in [6.07, 6.45) is 3.43. The van der Waals surface area contributed by atoms with Crippen LogP contribution in [0.2, 0.25) is 0 Å². The number of hydrogen-bond donors (Lipinski definition) is 1. The fourth-order valence-corrected chi connectivity index (χ4v) is 1.90. The van der Waals surface area contributed by atoms with Crippen LogP contribution in [0.25, 0.3) is 0 Å². The Bertz CT molecular complexity index is 568. The van der Waals surface area contributed by atoms with Crippen molar-refractivity contribution < 1.29 is 4.74 Å². The van der Waals surface area contributed by atoms with Crippen molar-refractivity contribution in [3.05, 3.63) is 40.6 Å². The zero-order valence-corrected chi connectivity index (χ0v) is 11.5. The van der Waals surface area contributed by atoms with Crippen molar-refractivity contribution >= 4 is 33.1 Å². The topological polar surface area (TPSA) is 53.1 Å². The zero-order valence-electron chi connectivity index (χ0n) is 9.05. The molecule has 88 valence electrons. The fraction of sp³-hybridized carbons (Fsp3) is 0.0909. The maximum Gasteiger partial charge on any atom is 0.165 e. The summed E-state index contributed by atoms with van der Waals surface area (Å²) in [5.74, 6) is 1.37. The number of benzene rings is 1. The van der Waals surface area contributed by atoms with Crippen molar-refractivity contribution in [1.29, 1.82) is 0 Å². The van der Waals surface area contributed by atoms with Gasteiger partial charge in [0.05, 0.1) is 16.9 Å². The number of hydrogen-bond acceptors (Lipinski definition) is 3. The van der Waals surface area contributed by atoms with E-state index < -0.39 is 0 Å². The summed E-state index contributed by atoms with van der Waals surface area (Å²) in [5, 5.41) is 4.02. The van der Waals surface area contributed by atoms with Gasteiger partial charge < -0.3 is 10.5 Å². The van der Waals surface area contributed by atoms with Gasteiger partial charge in [-0.2, -0.15) is 5.10 Å². The molecule has 6 heteroatoms. The maximum atomic E-state index is 5.65. The molecule has 0 atom stereocenters. The van der Waals surface area contributed by atoms with Crippen LogP contribution in [-0.2, 0) is 7.05 Å². The highest BCUT2D eigenvalue weighted by Crippen LogP contribution is 2.30. The lowest BCUT2D eigenvalue weighted by molar-refractivity contribution is 0.479. The SMILES string of the molecule is Cn1cc(Oc2ccc(C(N)=S)cc2Br)cn1. The van der Waals surface area contributed by atoms with E-state index in [1.807, 2.05) is 25.2 Å². The number of aryl methyl sites for hydroxylation is 1. The molecule has 0 bridgehead atoms. The van der Waals surface area contributed by atoms with E-state index in [0.29, 0.717) is 16.5 Å². The lowest BCUT2D eigenvalue weighted by atomic mass is 10.2. The third-order valence-corrected chi connectivity index (χ3v) is 2.98. The number of nitrogens with zero attached hydrogens (tertiary/aromatic N) is 2. The van der Waals surface area contributed by atoms with Crippen molar-refractivity contribution in [3.8, 4) is 11.5 Å². The number of halogens is 1. The number of rotatable bonds is 3. The molecule has 1 aromatic heterocycles. The molecule has 0 spiro atoms. The summed E-state index contributed by atoms with van der Waals surface area (Å²) in [4.78, 5) is 0.360. The highest BCUT2D eigenvalue weighted by Gasteiger charge is 2.06. The smallest absolute Gasteiger partial charge is 0.165 e. The van der Waals surface area contributed by atoms with Crippen LogP contribution in [0.4, 0.5) is 0 Å². The lowest BCUT2D eigenvalue weighted by Crippen LogP contribution is -2.08. The van der Waals surface area contributed by atoms with Crippen LogP contribution >= 0.6 is 28.1 Å². The lowest BCUT2D eigenvalue weighted by Gasteiger charge is -2.06. The fourth-order valence-electron chi connectivity index (χ4n) is 1.32. The minimum atomic E-state index is 0.360. The maximum absolute atomic E-state index is 5.65. The van der Waals surface area contributed by atoms with E-state index in [1.54, 1.807) is 17.1 Å². The molecule has 0 saturated heterocycles. The summed E-state index contributed by atoms with van der Waals surface area (Å²) in [6.45, 7) is 0. The van der Waals surface area contributed by atoms with Crippen LogP contribution in [0, 0.1) is 0 Å². The largest absolute Gasteiger partial charge is 0.453 e. The van der Waals surface area contributed by atoms with E-state index in [9.17, 15) is 0 Å². The number of ether oxygens (including phenoxy) is 1. The minimum absolute atomic E-state index is 0.360. The zero-order chi connectivity index (χ0) is 12.4. The van der Waals surface area contributed by atoms with Gasteiger partial charge in [-0.1, -0.05) is 12.2 Å². The van der Waals surface area contributed by atoms with Gasteiger partial charge in [-0.3, -0.25) is 4.68 Å². The Morgan fingerprint density at radius 3 is 2.82 bits per heavy atom. The molecule has 2 N–H and O–H groups in total. The molecule has 0 radical (unpaired) electrons. The second-order valence-electron chi connectivity index (χ2n) is 3.46. The number of nitrogens with two attached hydrogens (primary N) is 1. The minimum Gasteiger partial charge on any atom is -0.453 e. The molecule has 0 aliphatic rings. The van der Waals surface area contributed by atoms with Gasteiger partial charge >= 0.3 is 0 Å². The first-order chi connectivity index (χ1) is 8.06. The molecule has 2 rings (SSSR count). The van der Waals surface area contributed by atoms with Crippen LogP contribution in [0.15, 0.2) is 35.1 Å². The number of thiocarbonyl (C=S) groups is 1. The van der Waals surface area contributed by atoms with Crippen LogP contribution in [0.3, 0.4) is 0 Å². The molecule has 1 heterocycles. The first kappa shape index (κ1) is 12.1. The first-order valence-corrected chi connectivity index (χ1v) is 6.02. The quantitative estimate of drug-likeness (QED) is 0.885. The summed E-state index contributed by atoms with van der Waals surface area (Å²) < 4.78 is 8.12. The highest BCUT2D eigenvalue weighted by molar-refractivity contribution is 9.10. The molecule has 0 aliphatic carbocycles. The van der Waals surface area contributed by atoms with Crippen molar-refractivity contribution in [2.24, 2.45) is 12.8 Å². The second kappa shape index (κ2) is 4.85. The predicted molar refractivity (Wildman–Crippen MR) is 73.3 cm³/mol. The molecule has 17 heavy (non-hydrogen) atoms. The van der Waals surface area contributed by atoms with Gasteiger partial charge in [-0.25, -0.2) is 0 Å². The molecular weight excluding hydrogens is 302 g/mol. The van der Waals surface area contributed by atoms with Gasteiger partial charge in [-0.15, -0.1) is 0 Å². The van der Waals surface area contributed by atoms with E-state index in [1.165, 1.54) is 0 Å². The molecule has 0 aliphatic heterocycles. The Kier molecular flexibility index (Phi) is 3.44. The van der Waals surface area contributed by atoms with Gasteiger partial charge in [0.2, 0.25) is 0 Å². The highest BCUT2D eigenvalue weighted by atomic mass is 79.9. The summed E-state index contributed by atoms with van der Waals surface area (Å²) in [7, 11) is 1.83. The van der Waals surface area contributed by atoms with Crippen molar-refractivity contribution in [2.75, 3.05) is 0 Å². The van der Waals surface area contributed by atoms with Gasteiger partial charge in [0.25, 0.3) is 0 Å². The molecule has 0 saturated carbocycles. The Morgan fingerprint density at radius 1 is 1.53 bits per heavy atom. The van der Waals surface area contributed by atoms with Crippen molar-refractivity contribution in [1.82, 2.24) is 9.78 Å². The van der Waals surface area contributed by atoms with E-state index >= 15 is 0 Å². The Morgan fingerprint density at radius 2 is 2.29 bits per heavy atom. The second-order valence-corrected chi connectivity index (χ2v) is 4.76. The van der Waals surface area contributed by atoms with Crippen LogP contribution < -0.4 is 10.5 Å². The molecule has 0 unspecified atom stereocenters. The molecular formula is C11H10BrN3OS. The van der Waals surface area contributed by atoms with Crippen molar-refractivity contribution in [2.45, 2.75) is 0 Å². The summed E-state index contributed by atoms with van der Waals surface area (Å²) >= 11 is 8.31. The van der Waals surface area contributed by atoms with Gasteiger partial charge in [0.1, 0.15) is 10.7 Å². The molecule has 4 nitrogen and oxygen atoms in total. The Hall–Kier alpha value is -1.40. The summed E-state index contributed by atoms with van der Waals surface area (Å²) in [5.41, 5.74) is 6.34. The molecule has 0 fully saturated rings. The van der Waals surface area contributed by atoms with Crippen LogP contribution in [0.5, 0.6) is 11.5 Å². The van der Waals surface area contributed by atoms with E-state index in [4.69, 9.17) is 22.7 Å².